The summed E-state index contributed by atoms with van der Waals surface area (Å²) >= 11 is 0. The molecule has 0 radical (unpaired) electrons. The van der Waals surface area contributed by atoms with E-state index in [2.05, 4.69) is 29.3 Å². The number of piperidine rings is 1. The fraction of sp³-hybridized carbons (Fsp3) is 0.400. The van der Waals surface area contributed by atoms with Gasteiger partial charge < -0.3 is 10.5 Å². The van der Waals surface area contributed by atoms with Crippen molar-refractivity contribution in [1.82, 2.24) is 10.2 Å². The fourth-order valence-corrected chi connectivity index (χ4v) is 3.42. The molecule has 25 heavy (non-hydrogen) atoms. The second kappa shape index (κ2) is 8.12. The van der Waals surface area contributed by atoms with E-state index in [0.29, 0.717) is 16.8 Å². The van der Waals surface area contributed by atoms with Crippen LogP contribution >= 0.6 is 0 Å². The van der Waals surface area contributed by atoms with Crippen molar-refractivity contribution >= 4 is 5.91 Å². The number of likely N-dealkylation sites (tertiary alicyclic amines) is 1. The Morgan fingerprint density at radius 2 is 2.08 bits per heavy atom. The average Bonchev–Trinajstić information content (AvgIpc) is 2.61. The molecule has 5 heteroatoms. The Hall–Kier alpha value is -2.40. The van der Waals surface area contributed by atoms with E-state index in [9.17, 15) is 10.0 Å². The molecule has 1 aromatic carbocycles. The number of hydrogen-bond acceptors (Lipinski definition) is 3. The van der Waals surface area contributed by atoms with E-state index in [1.165, 1.54) is 30.8 Å². The molecule has 0 bridgehead atoms. The normalized spacial score (nSPS) is 18.0. The van der Waals surface area contributed by atoms with Crippen molar-refractivity contribution in [1.29, 1.82) is 0 Å². The zero-order chi connectivity index (χ0) is 17.6. The zero-order valence-corrected chi connectivity index (χ0v) is 14.6. The van der Waals surface area contributed by atoms with Gasteiger partial charge in [-0.2, -0.15) is 4.73 Å². The molecule has 0 saturated carbocycles. The molecule has 1 N–H and O–H groups in total. The van der Waals surface area contributed by atoms with Crippen LogP contribution in [-0.4, -0.2) is 23.9 Å². The third kappa shape index (κ3) is 4.79. The highest BCUT2D eigenvalue weighted by Gasteiger charge is 2.17. The predicted molar refractivity (Wildman–Crippen MR) is 96.7 cm³/mol. The summed E-state index contributed by atoms with van der Waals surface area (Å²) in [5.74, 6) is 0.518. The van der Waals surface area contributed by atoms with Crippen molar-refractivity contribution in [2.75, 3.05) is 13.1 Å². The van der Waals surface area contributed by atoms with Crippen molar-refractivity contribution < 1.29 is 9.52 Å². The van der Waals surface area contributed by atoms with Crippen LogP contribution in [0.1, 0.15) is 41.3 Å². The van der Waals surface area contributed by atoms with Crippen LogP contribution in [0.4, 0.5) is 0 Å². The lowest BCUT2D eigenvalue weighted by Crippen LogP contribution is -2.34. The van der Waals surface area contributed by atoms with Crippen LogP contribution in [0.2, 0.25) is 0 Å². The van der Waals surface area contributed by atoms with Crippen molar-refractivity contribution in [2.24, 2.45) is 5.92 Å². The Kier molecular flexibility index (Phi) is 5.66. The van der Waals surface area contributed by atoms with Crippen molar-refractivity contribution in [3.63, 3.8) is 0 Å². The van der Waals surface area contributed by atoms with Crippen molar-refractivity contribution in [3.8, 4) is 0 Å². The topological polar surface area (TPSA) is 59.3 Å². The summed E-state index contributed by atoms with van der Waals surface area (Å²) in [6.07, 6.45) is 5.22. The minimum Gasteiger partial charge on any atom is -0.619 e. The summed E-state index contributed by atoms with van der Waals surface area (Å²) in [6.45, 7) is 5.96. The summed E-state index contributed by atoms with van der Waals surface area (Å²) in [5.41, 5.74) is 2.75. The van der Waals surface area contributed by atoms with E-state index in [-0.39, 0.29) is 5.91 Å². The average molecular weight is 339 g/mol. The largest absolute Gasteiger partial charge is 0.619 e. The third-order valence-electron chi connectivity index (χ3n) is 4.73. The quantitative estimate of drug-likeness (QED) is 0.672. The first-order chi connectivity index (χ1) is 12.1. The Labute approximate surface area is 148 Å². The fourth-order valence-electron chi connectivity index (χ4n) is 3.42. The molecule has 1 amide bonds. The van der Waals surface area contributed by atoms with E-state index in [4.69, 9.17) is 0 Å². The highest BCUT2D eigenvalue weighted by Crippen LogP contribution is 2.19. The smallest absolute Gasteiger partial charge is 0.257 e. The molecular weight excluding hydrogens is 314 g/mol. The number of benzene rings is 1. The number of aromatic nitrogens is 1. The second-order valence-electron chi connectivity index (χ2n) is 6.89. The maximum Gasteiger partial charge on any atom is 0.257 e. The van der Waals surface area contributed by atoms with Gasteiger partial charge in [0.25, 0.3) is 5.91 Å². The van der Waals surface area contributed by atoms with Gasteiger partial charge in [0.1, 0.15) is 5.56 Å². The van der Waals surface area contributed by atoms with Crippen molar-refractivity contribution in [3.05, 3.63) is 70.7 Å². The molecule has 1 aliphatic heterocycles. The van der Waals surface area contributed by atoms with Gasteiger partial charge in [-0.3, -0.25) is 9.69 Å². The van der Waals surface area contributed by atoms with E-state index in [0.717, 1.165) is 31.1 Å². The predicted octanol–water partition coefficient (Wildman–Crippen LogP) is 2.48. The summed E-state index contributed by atoms with van der Waals surface area (Å²) in [6, 6.07) is 11.5. The molecule has 0 aliphatic carbocycles. The number of hydrogen-bond donors (Lipinski definition) is 1. The summed E-state index contributed by atoms with van der Waals surface area (Å²) < 4.78 is 0.639. The monoisotopic (exact) mass is 339 g/mol. The van der Waals surface area contributed by atoms with Crippen LogP contribution in [-0.2, 0) is 13.1 Å². The van der Waals surface area contributed by atoms with Gasteiger partial charge >= 0.3 is 0 Å². The molecule has 2 heterocycles. The van der Waals surface area contributed by atoms with Crippen LogP contribution in [0.3, 0.4) is 0 Å². The van der Waals surface area contributed by atoms with Crippen LogP contribution in [0, 0.1) is 11.1 Å². The molecule has 3 rings (SSSR count). The molecule has 1 unspecified atom stereocenters. The molecule has 132 valence electrons. The van der Waals surface area contributed by atoms with E-state index in [1.54, 1.807) is 12.1 Å². The van der Waals surface area contributed by atoms with Gasteiger partial charge in [-0.05, 0) is 42.5 Å². The first kappa shape index (κ1) is 17.4. The van der Waals surface area contributed by atoms with Crippen molar-refractivity contribution in [2.45, 2.75) is 32.9 Å². The highest BCUT2D eigenvalue weighted by molar-refractivity contribution is 5.93. The highest BCUT2D eigenvalue weighted by atomic mass is 16.5. The van der Waals surface area contributed by atoms with Crippen LogP contribution in [0.15, 0.2) is 48.8 Å². The number of amides is 1. The van der Waals surface area contributed by atoms with E-state index < -0.39 is 0 Å². The molecular formula is C20H25N3O2. The van der Waals surface area contributed by atoms with Gasteiger partial charge in [-0.15, -0.1) is 0 Å². The Morgan fingerprint density at radius 3 is 2.84 bits per heavy atom. The summed E-state index contributed by atoms with van der Waals surface area (Å²) in [4.78, 5) is 14.7. The maximum absolute atomic E-state index is 12.2. The minimum atomic E-state index is -0.230. The molecule has 1 aliphatic rings. The zero-order valence-electron chi connectivity index (χ0n) is 14.6. The number of nitrogens with zero attached hydrogens (tertiary/aromatic N) is 2. The minimum absolute atomic E-state index is 0.230. The second-order valence-corrected chi connectivity index (χ2v) is 6.89. The molecule has 1 fully saturated rings. The maximum atomic E-state index is 12.2. The number of pyridine rings is 1. The van der Waals surface area contributed by atoms with Crippen LogP contribution < -0.4 is 10.0 Å². The molecule has 1 atom stereocenters. The number of rotatable bonds is 5. The number of nitrogens with one attached hydrogen (secondary N) is 1. The lowest BCUT2D eigenvalue weighted by molar-refractivity contribution is -0.605. The van der Waals surface area contributed by atoms with Gasteiger partial charge in [-0.25, -0.2) is 0 Å². The number of carbonyl (C=O) groups excluding carboxylic acids is 1. The van der Waals surface area contributed by atoms with Gasteiger partial charge in [0.15, 0.2) is 12.4 Å². The standard InChI is InChI=1S/C20H25N3O2/c1-16-6-4-10-22(13-16)14-18-8-3-2-7-17(18)12-21-20(24)19-9-5-11-23(25)15-19/h2-3,5,7-9,11,15-16H,4,6,10,12-14H2,1H3,(H,21,24). The van der Waals surface area contributed by atoms with Gasteiger partial charge in [0, 0.05) is 25.7 Å². The Bertz CT molecular complexity index is 732. The van der Waals surface area contributed by atoms with Crippen LogP contribution in [0.5, 0.6) is 0 Å². The molecule has 2 aromatic rings. The molecule has 0 spiro atoms. The van der Waals surface area contributed by atoms with E-state index in [1.807, 2.05) is 12.1 Å². The molecule has 1 aromatic heterocycles. The molecule has 1 saturated heterocycles. The van der Waals surface area contributed by atoms with Gasteiger partial charge in [-0.1, -0.05) is 31.2 Å². The van der Waals surface area contributed by atoms with Gasteiger partial charge in [0.05, 0.1) is 0 Å². The summed E-state index contributed by atoms with van der Waals surface area (Å²) in [7, 11) is 0. The first-order valence-corrected chi connectivity index (χ1v) is 8.88. The van der Waals surface area contributed by atoms with Gasteiger partial charge in [0.2, 0.25) is 0 Å². The summed E-state index contributed by atoms with van der Waals surface area (Å²) in [5, 5.41) is 14.2. The molecule has 5 nitrogen and oxygen atoms in total. The number of carbonyl (C=O) groups is 1. The third-order valence-corrected chi connectivity index (χ3v) is 4.73. The first-order valence-electron chi connectivity index (χ1n) is 8.88. The lowest BCUT2D eigenvalue weighted by atomic mass is 9.99. The SMILES string of the molecule is CC1CCCN(Cc2ccccc2CNC(=O)c2ccc[n+]([O-])c2)C1. The lowest BCUT2D eigenvalue weighted by Gasteiger charge is -2.31. The Morgan fingerprint density at radius 1 is 1.28 bits per heavy atom. The Balaban J connectivity index is 1.63. The van der Waals surface area contributed by atoms with Crippen LogP contribution in [0.25, 0.3) is 0 Å². The van der Waals surface area contributed by atoms with E-state index >= 15 is 0 Å².